The third kappa shape index (κ3) is 2.86. The minimum atomic E-state index is 0.887. The van der Waals surface area contributed by atoms with Gasteiger partial charge in [-0.3, -0.25) is 0 Å². The maximum atomic E-state index is 5.50. The van der Waals surface area contributed by atoms with Crippen LogP contribution in [-0.4, -0.2) is 4.57 Å². The SMILES string of the molecule is C#Cc1ccc(-n2c(-c3ccccc3)ccc2-c2ccccc2)cc1. The summed E-state index contributed by atoms with van der Waals surface area (Å²) in [6.45, 7) is 0. The molecule has 1 heterocycles. The Balaban J connectivity index is 1.95. The third-order valence-corrected chi connectivity index (χ3v) is 4.31. The van der Waals surface area contributed by atoms with Gasteiger partial charge in [-0.2, -0.15) is 0 Å². The van der Waals surface area contributed by atoms with E-state index in [0.29, 0.717) is 0 Å². The van der Waals surface area contributed by atoms with Gasteiger partial charge < -0.3 is 4.57 Å². The second kappa shape index (κ2) is 6.55. The molecule has 1 heteroatoms. The molecule has 0 N–H and O–H groups in total. The Morgan fingerprint density at radius 1 is 0.560 bits per heavy atom. The molecule has 0 aliphatic rings. The van der Waals surface area contributed by atoms with Gasteiger partial charge >= 0.3 is 0 Å². The van der Waals surface area contributed by atoms with Crippen LogP contribution in [0, 0.1) is 12.3 Å². The Morgan fingerprint density at radius 2 is 1.04 bits per heavy atom. The van der Waals surface area contributed by atoms with Gasteiger partial charge in [-0.05, 0) is 47.5 Å². The largest absolute Gasteiger partial charge is 0.309 e. The first-order valence-electron chi connectivity index (χ1n) is 8.26. The first-order valence-corrected chi connectivity index (χ1v) is 8.26. The highest BCUT2D eigenvalue weighted by Gasteiger charge is 2.13. The second-order valence-electron chi connectivity index (χ2n) is 5.86. The summed E-state index contributed by atoms with van der Waals surface area (Å²) in [4.78, 5) is 0. The summed E-state index contributed by atoms with van der Waals surface area (Å²) < 4.78 is 2.28. The Labute approximate surface area is 148 Å². The van der Waals surface area contributed by atoms with Crippen molar-refractivity contribution in [3.63, 3.8) is 0 Å². The van der Waals surface area contributed by atoms with Crippen molar-refractivity contribution >= 4 is 0 Å². The minimum absolute atomic E-state index is 0.887. The van der Waals surface area contributed by atoms with Crippen LogP contribution < -0.4 is 0 Å². The molecule has 0 atom stereocenters. The summed E-state index contributed by atoms with van der Waals surface area (Å²) >= 11 is 0. The van der Waals surface area contributed by atoms with E-state index in [4.69, 9.17) is 6.42 Å². The van der Waals surface area contributed by atoms with Gasteiger partial charge in [0.15, 0.2) is 0 Å². The average molecular weight is 319 g/mol. The summed E-state index contributed by atoms with van der Waals surface area (Å²) in [6, 6.07) is 33.4. The summed E-state index contributed by atoms with van der Waals surface area (Å²) in [5.74, 6) is 2.68. The van der Waals surface area contributed by atoms with E-state index in [1.54, 1.807) is 0 Å². The van der Waals surface area contributed by atoms with E-state index >= 15 is 0 Å². The molecule has 1 nitrogen and oxygen atoms in total. The highest BCUT2D eigenvalue weighted by Crippen LogP contribution is 2.32. The van der Waals surface area contributed by atoms with Gasteiger partial charge in [-0.15, -0.1) is 6.42 Å². The zero-order valence-corrected chi connectivity index (χ0v) is 13.8. The molecule has 0 radical (unpaired) electrons. The number of aromatic nitrogens is 1. The predicted molar refractivity (Wildman–Crippen MR) is 105 cm³/mol. The minimum Gasteiger partial charge on any atom is -0.309 e. The van der Waals surface area contributed by atoms with Crippen LogP contribution in [0.2, 0.25) is 0 Å². The van der Waals surface area contributed by atoms with Crippen LogP contribution in [0.3, 0.4) is 0 Å². The van der Waals surface area contributed by atoms with Gasteiger partial charge in [0.2, 0.25) is 0 Å². The molecule has 0 spiro atoms. The molecule has 0 amide bonds. The molecule has 0 aliphatic carbocycles. The lowest BCUT2D eigenvalue weighted by atomic mass is 10.1. The van der Waals surface area contributed by atoms with Crippen LogP contribution in [-0.2, 0) is 0 Å². The van der Waals surface area contributed by atoms with Crippen molar-refractivity contribution in [2.45, 2.75) is 0 Å². The maximum Gasteiger partial charge on any atom is 0.0535 e. The monoisotopic (exact) mass is 319 g/mol. The third-order valence-electron chi connectivity index (χ3n) is 4.31. The Kier molecular flexibility index (Phi) is 3.94. The van der Waals surface area contributed by atoms with E-state index in [9.17, 15) is 0 Å². The molecule has 1 aromatic heterocycles. The highest BCUT2D eigenvalue weighted by atomic mass is 15.0. The molecule has 0 saturated heterocycles. The molecule has 4 rings (SSSR count). The van der Waals surface area contributed by atoms with Gasteiger partial charge in [0.05, 0.1) is 11.4 Å². The van der Waals surface area contributed by atoms with Crippen LogP contribution in [0.25, 0.3) is 28.2 Å². The summed E-state index contributed by atoms with van der Waals surface area (Å²) in [6.07, 6.45) is 5.50. The van der Waals surface area contributed by atoms with Gasteiger partial charge in [0, 0.05) is 11.3 Å². The topological polar surface area (TPSA) is 4.93 Å². The lowest BCUT2D eigenvalue weighted by Gasteiger charge is -2.14. The lowest BCUT2D eigenvalue weighted by molar-refractivity contribution is 1.09. The summed E-state index contributed by atoms with van der Waals surface area (Å²) in [5, 5.41) is 0. The molecule has 0 fully saturated rings. The first kappa shape index (κ1) is 15.1. The molecular weight excluding hydrogens is 302 g/mol. The zero-order valence-electron chi connectivity index (χ0n) is 13.8. The molecule has 0 saturated carbocycles. The van der Waals surface area contributed by atoms with Crippen molar-refractivity contribution < 1.29 is 0 Å². The first-order chi connectivity index (χ1) is 12.4. The molecule has 118 valence electrons. The fraction of sp³-hybridized carbons (Fsp3) is 0. The molecular formula is C24H17N. The van der Waals surface area contributed by atoms with E-state index in [1.807, 2.05) is 24.3 Å². The van der Waals surface area contributed by atoms with Crippen LogP contribution >= 0.6 is 0 Å². The molecule has 4 aromatic rings. The number of terminal acetylenes is 1. The van der Waals surface area contributed by atoms with E-state index < -0.39 is 0 Å². The van der Waals surface area contributed by atoms with Gasteiger partial charge in [0.25, 0.3) is 0 Å². The highest BCUT2D eigenvalue weighted by molar-refractivity contribution is 5.73. The molecule has 0 unspecified atom stereocenters. The van der Waals surface area contributed by atoms with E-state index in [2.05, 4.69) is 83.3 Å². The predicted octanol–water partition coefficient (Wildman–Crippen LogP) is 5.79. The van der Waals surface area contributed by atoms with Crippen molar-refractivity contribution in [1.82, 2.24) is 4.57 Å². The Bertz CT molecular complexity index is 960. The zero-order chi connectivity index (χ0) is 17.1. The second-order valence-corrected chi connectivity index (χ2v) is 5.86. The average Bonchev–Trinajstić information content (AvgIpc) is 3.14. The standard InChI is InChI=1S/C24H17N/c1-2-19-13-15-22(16-14-19)25-23(20-9-5-3-6-10-20)17-18-24(25)21-11-7-4-8-12-21/h1,3-18H. The fourth-order valence-electron chi connectivity index (χ4n) is 3.09. The number of nitrogens with zero attached hydrogens (tertiary/aromatic N) is 1. The Morgan fingerprint density at radius 3 is 1.48 bits per heavy atom. The fourth-order valence-corrected chi connectivity index (χ4v) is 3.09. The smallest absolute Gasteiger partial charge is 0.0535 e. The molecule has 0 bridgehead atoms. The molecule has 25 heavy (non-hydrogen) atoms. The van der Waals surface area contributed by atoms with E-state index in [0.717, 1.165) is 22.6 Å². The summed E-state index contributed by atoms with van der Waals surface area (Å²) in [7, 11) is 0. The van der Waals surface area contributed by atoms with E-state index in [1.165, 1.54) is 11.1 Å². The number of benzene rings is 3. The van der Waals surface area contributed by atoms with E-state index in [-0.39, 0.29) is 0 Å². The quantitative estimate of drug-likeness (QED) is 0.421. The van der Waals surface area contributed by atoms with Gasteiger partial charge in [-0.1, -0.05) is 66.6 Å². The van der Waals surface area contributed by atoms with Crippen molar-refractivity contribution in [2.75, 3.05) is 0 Å². The van der Waals surface area contributed by atoms with Crippen molar-refractivity contribution in [3.8, 4) is 40.5 Å². The van der Waals surface area contributed by atoms with Crippen LogP contribution in [0.5, 0.6) is 0 Å². The maximum absolute atomic E-state index is 5.50. The Hall–Kier alpha value is -3.50. The van der Waals surface area contributed by atoms with Crippen molar-refractivity contribution in [3.05, 3.63) is 103 Å². The summed E-state index contributed by atoms with van der Waals surface area (Å²) in [5.41, 5.74) is 6.68. The van der Waals surface area contributed by atoms with Crippen LogP contribution in [0.15, 0.2) is 97.1 Å². The van der Waals surface area contributed by atoms with Crippen molar-refractivity contribution in [2.24, 2.45) is 0 Å². The lowest BCUT2D eigenvalue weighted by Crippen LogP contribution is -1.99. The van der Waals surface area contributed by atoms with Crippen LogP contribution in [0.1, 0.15) is 5.56 Å². The normalized spacial score (nSPS) is 10.4. The van der Waals surface area contributed by atoms with Gasteiger partial charge in [-0.25, -0.2) is 0 Å². The number of rotatable bonds is 3. The number of hydrogen-bond acceptors (Lipinski definition) is 0. The van der Waals surface area contributed by atoms with Crippen LogP contribution in [0.4, 0.5) is 0 Å². The molecule has 3 aromatic carbocycles. The van der Waals surface area contributed by atoms with Gasteiger partial charge in [0.1, 0.15) is 0 Å². The molecule has 0 aliphatic heterocycles. The van der Waals surface area contributed by atoms with Crippen molar-refractivity contribution in [1.29, 1.82) is 0 Å². The number of hydrogen-bond donors (Lipinski definition) is 0.